The molecule has 0 aliphatic carbocycles. The van der Waals surface area contributed by atoms with Crippen molar-refractivity contribution in [3.8, 4) is 5.75 Å². The van der Waals surface area contributed by atoms with Gasteiger partial charge < -0.3 is 15.2 Å². The lowest BCUT2D eigenvalue weighted by atomic mass is 10.2. The van der Waals surface area contributed by atoms with Gasteiger partial charge in [0.25, 0.3) is 0 Å². The summed E-state index contributed by atoms with van der Waals surface area (Å²) in [6.45, 7) is 1.02. The van der Waals surface area contributed by atoms with Crippen molar-refractivity contribution >= 4 is 0 Å². The average molecular weight is 197 g/mol. The molecule has 1 aliphatic heterocycles. The molecule has 0 radical (unpaired) electrons. The zero-order chi connectivity index (χ0) is 9.97. The highest BCUT2D eigenvalue weighted by Crippen LogP contribution is 2.16. The van der Waals surface area contributed by atoms with Crippen molar-refractivity contribution in [3.63, 3.8) is 0 Å². The van der Waals surface area contributed by atoms with E-state index >= 15 is 0 Å². The lowest BCUT2D eigenvalue weighted by Gasteiger charge is -2.15. The first-order valence-corrected chi connectivity index (χ1v) is 4.51. The van der Waals surface area contributed by atoms with Crippen LogP contribution >= 0.6 is 0 Å². The lowest BCUT2D eigenvalue weighted by Crippen LogP contribution is -2.37. The van der Waals surface area contributed by atoms with E-state index in [1.54, 1.807) is 12.1 Å². The van der Waals surface area contributed by atoms with Crippen molar-refractivity contribution in [2.75, 3.05) is 13.2 Å². The number of hydrogen-bond acceptors (Lipinski definition) is 3. The molecule has 2 N–H and O–H groups in total. The number of benzene rings is 1. The van der Waals surface area contributed by atoms with Crippen molar-refractivity contribution in [3.05, 3.63) is 30.1 Å². The number of ether oxygens (including phenoxy) is 2. The second-order valence-electron chi connectivity index (χ2n) is 3.31. The molecule has 0 saturated carbocycles. The van der Waals surface area contributed by atoms with E-state index in [1.165, 1.54) is 12.1 Å². The fourth-order valence-corrected chi connectivity index (χ4v) is 1.36. The van der Waals surface area contributed by atoms with E-state index in [4.69, 9.17) is 15.2 Å². The topological polar surface area (TPSA) is 44.5 Å². The molecule has 0 aromatic heterocycles. The van der Waals surface area contributed by atoms with Crippen LogP contribution in [0.2, 0.25) is 0 Å². The molecule has 3 nitrogen and oxygen atoms in total. The Kier molecular flexibility index (Phi) is 2.65. The molecule has 14 heavy (non-hydrogen) atoms. The molecule has 1 heterocycles. The first-order valence-electron chi connectivity index (χ1n) is 4.51. The van der Waals surface area contributed by atoms with Gasteiger partial charge in [-0.05, 0) is 24.3 Å². The van der Waals surface area contributed by atoms with Gasteiger partial charge in [-0.15, -0.1) is 0 Å². The Morgan fingerprint density at radius 3 is 2.57 bits per heavy atom. The first kappa shape index (κ1) is 9.43. The highest BCUT2D eigenvalue weighted by atomic mass is 19.1. The van der Waals surface area contributed by atoms with Crippen LogP contribution in [0.15, 0.2) is 24.3 Å². The minimum atomic E-state index is -0.274. The standard InChI is InChI=1S/C10H12FNO2/c11-7-1-3-8(4-2-7)14-10-6-13-5-9(10)12/h1-4,9-10H,5-6,12H2/t9-,10+/m1/s1. The molecule has 1 aromatic rings. The van der Waals surface area contributed by atoms with Gasteiger partial charge in [0, 0.05) is 0 Å². The van der Waals surface area contributed by atoms with Crippen LogP contribution < -0.4 is 10.5 Å². The summed E-state index contributed by atoms with van der Waals surface area (Å²) in [4.78, 5) is 0. The maximum Gasteiger partial charge on any atom is 0.139 e. The second-order valence-corrected chi connectivity index (χ2v) is 3.31. The minimum Gasteiger partial charge on any atom is -0.486 e. The van der Waals surface area contributed by atoms with E-state index in [0.29, 0.717) is 19.0 Å². The Bertz CT molecular complexity index is 301. The highest BCUT2D eigenvalue weighted by molar-refractivity contribution is 5.22. The summed E-state index contributed by atoms with van der Waals surface area (Å²) in [5, 5.41) is 0. The zero-order valence-electron chi connectivity index (χ0n) is 7.65. The summed E-state index contributed by atoms with van der Waals surface area (Å²) < 4.78 is 23.2. The van der Waals surface area contributed by atoms with E-state index in [2.05, 4.69) is 0 Å². The van der Waals surface area contributed by atoms with Gasteiger partial charge in [-0.2, -0.15) is 0 Å². The van der Waals surface area contributed by atoms with Crippen LogP contribution in [0.25, 0.3) is 0 Å². The number of halogens is 1. The van der Waals surface area contributed by atoms with Crippen molar-refractivity contribution in [1.82, 2.24) is 0 Å². The van der Waals surface area contributed by atoms with Gasteiger partial charge in [0.1, 0.15) is 17.7 Å². The molecule has 1 aliphatic rings. The quantitative estimate of drug-likeness (QED) is 0.767. The van der Waals surface area contributed by atoms with Crippen LogP contribution in [0.3, 0.4) is 0 Å². The third-order valence-electron chi connectivity index (χ3n) is 2.17. The fraction of sp³-hybridized carbons (Fsp3) is 0.400. The van der Waals surface area contributed by atoms with Crippen LogP contribution in [-0.4, -0.2) is 25.4 Å². The Labute approximate surface area is 81.6 Å². The molecule has 76 valence electrons. The van der Waals surface area contributed by atoms with Gasteiger partial charge in [-0.25, -0.2) is 4.39 Å². The van der Waals surface area contributed by atoms with Crippen LogP contribution in [0.4, 0.5) is 4.39 Å². The Morgan fingerprint density at radius 1 is 1.29 bits per heavy atom. The maximum atomic E-state index is 12.6. The minimum absolute atomic E-state index is 0.0972. The van der Waals surface area contributed by atoms with Crippen LogP contribution in [0.1, 0.15) is 0 Å². The summed E-state index contributed by atoms with van der Waals surface area (Å²) in [5.74, 6) is 0.349. The Hall–Kier alpha value is -1.13. The number of nitrogens with two attached hydrogens (primary N) is 1. The Balaban J connectivity index is 2.00. The number of rotatable bonds is 2. The van der Waals surface area contributed by atoms with Crippen molar-refractivity contribution in [2.24, 2.45) is 5.73 Å². The SMILES string of the molecule is N[C@@H]1COC[C@@H]1Oc1ccc(F)cc1. The van der Waals surface area contributed by atoms with Crippen LogP contribution in [0, 0.1) is 5.82 Å². The zero-order valence-corrected chi connectivity index (χ0v) is 7.65. The first-order chi connectivity index (χ1) is 6.75. The predicted molar refractivity (Wildman–Crippen MR) is 49.6 cm³/mol. The fourth-order valence-electron chi connectivity index (χ4n) is 1.36. The molecule has 4 heteroatoms. The smallest absolute Gasteiger partial charge is 0.139 e. The van der Waals surface area contributed by atoms with E-state index < -0.39 is 0 Å². The van der Waals surface area contributed by atoms with Gasteiger partial charge in [0.2, 0.25) is 0 Å². The summed E-state index contributed by atoms with van der Waals surface area (Å²) in [6, 6.07) is 5.79. The van der Waals surface area contributed by atoms with Gasteiger partial charge in [0.05, 0.1) is 19.3 Å². The predicted octanol–water partition coefficient (Wildman–Crippen LogP) is 0.931. The average Bonchev–Trinajstić information content (AvgIpc) is 2.56. The second kappa shape index (κ2) is 3.94. The third kappa shape index (κ3) is 2.02. The maximum absolute atomic E-state index is 12.6. The molecule has 1 fully saturated rings. The molecule has 0 amide bonds. The monoisotopic (exact) mass is 197 g/mol. The molecule has 0 spiro atoms. The summed E-state index contributed by atoms with van der Waals surface area (Å²) >= 11 is 0. The van der Waals surface area contributed by atoms with E-state index in [-0.39, 0.29) is 18.0 Å². The van der Waals surface area contributed by atoms with Crippen LogP contribution in [-0.2, 0) is 4.74 Å². The van der Waals surface area contributed by atoms with Crippen LogP contribution in [0.5, 0.6) is 5.75 Å². The normalized spacial score (nSPS) is 26.4. The Morgan fingerprint density at radius 2 is 2.00 bits per heavy atom. The molecule has 2 rings (SSSR count). The summed E-state index contributed by atoms with van der Waals surface area (Å²) in [5.41, 5.74) is 5.73. The van der Waals surface area contributed by atoms with Crippen molar-refractivity contribution in [1.29, 1.82) is 0 Å². The van der Waals surface area contributed by atoms with Crippen molar-refractivity contribution in [2.45, 2.75) is 12.1 Å². The molecule has 2 atom stereocenters. The summed E-state index contributed by atoms with van der Waals surface area (Å²) in [6.07, 6.45) is -0.125. The van der Waals surface area contributed by atoms with E-state index in [9.17, 15) is 4.39 Å². The van der Waals surface area contributed by atoms with E-state index in [0.717, 1.165) is 0 Å². The molecular formula is C10H12FNO2. The third-order valence-corrected chi connectivity index (χ3v) is 2.17. The highest BCUT2D eigenvalue weighted by Gasteiger charge is 2.26. The van der Waals surface area contributed by atoms with Gasteiger partial charge in [0.15, 0.2) is 0 Å². The molecule has 1 saturated heterocycles. The molecule has 0 bridgehead atoms. The molecular weight excluding hydrogens is 185 g/mol. The largest absolute Gasteiger partial charge is 0.486 e. The molecule has 0 unspecified atom stereocenters. The van der Waals surface area contributed by atoms with E-state index in [1.807, 2.05) is 0 Å². The van der Waals surface area contributed by atoms with Gasteiger partial charge in [-0.3, -0.25) is 0 Å². The van der Waals surface area contributed by atoms with Gasteiger partial charge >= 0.3 is 0 Å². The summed E-state index contributed by atoms with van der Waals surface area (Å²) in [7, 11) is 0. The van der Waals surface area contributed by atoms with Gasteiger partial charge in [-0.1, -0.05) is 0 Å². The number of hydrogen-bond donors (Lipinski definition) is 1. The van der Waals surface area contributed by atoms with Crippen molar-refractivity contribution < 1.29 is 13.9 Å². The lowest BCUT2D eigenvalue weighted by molar-refractivity contribution is 0.140. The molecule has 1 aromatic carbocycles.